The monoisotopic (exact) mass is 404 g/mol. The summed E-state index contributed by atoms with van der Waals surface area (Å²) in [6.07, 6.45) is 2.45. The zero-order valence-electron chi connectivity index (χ0n) is 15.6. The average Bonchev–Trinajstić information content (AvgIpc) is 3.21. The lowest BCUT2D eigenvalue weighted by atomic mass is 10.0. The highest BCUT2D eigenvalue weighted by molar-refractivity contribution is 7.91. The molecule has 5 nitrogen and oxygen atoms in total. The third-order valence-corrected chi connectivity index (χ3v) is 7.97. The molecule has 0 radical (unpaired) electrons. The molecule has 2 aromatic rings. The molecule has 144 valence electrons. The van der Waals surface area contributed by atoms with Crippen molar-refractivity contribution in [1.29, 1.82) is 0 Å². The van der Waals surface area contributed by atoms with Crippen molar-refractivity contribution in [2.75, 3.05) is 11.5 Å². The third-order valence-electron chi connectivity index (χ3n) is 5.32. The minimum absolute atomic E-state index is 0.0862. The van der Waals surface area contributed by atoms with Gasteiger partial charge in [-0.2, -0.15) is 0 Å². The maximum Gasteiger partial charge on any atom is 0.273 e. The Morgan fingerprint density at radius 1 is 1.15 bits per heavy atom. The van der Waals surface area contributed by atoms with Crippen LogP contribution in [0.25, 0.3) is 10.6 Å². The van der Waals surface area contributed by atoms with Crippen molar-refractivity contribution in [1.82, 2.24) is 9.88 Å². The smallest absolute Gasteiger partial charge is 0.273 e. The summed E-state index contributed by atoms with van der Waals surface area (Å²) in [5.41, 5.74) is 2.71. The topological polar surface area (TPSA) is 67.3 Å². The zero-order chi connectivity index (χ0) is 19.2. The van der Waals surface area contributed by atoms with Gasteiger partial charge in [0.15, 0.2) is 9.84 Å². The number of aromatic nitrogens is 1. The highest BCUT2D eigenvalue weighted by atomic mass is 32.2. The maximum absolute atomic E-state index is 13.1. The number of hydrogen-bond donors (Lipinski definition) is 0. The van der Waals surface area contributed by atoms with E-state index in [4.69, 9.17) is 0 Å². The molecule has 0 spiro atoms. The standard InChI is InChI=1S/C20H24N2O3S2/c1-13(2)14-3-5-15(6-4-14)19-21-18(11-26-19)20(23)22(16-7-8-16)17-9-10-27(24,25)12-17/h3-6,11,13,16-17H,7-10,12H2,1-2H3/t17-/m0/s1. The van der Waals surface area contributed by atoms with E-state index in [9.17, 15) is 13.2 Å². The van der Waals surface area contributed by atoms with Gasteiger partial charge in [-0.1, -0.05) is 38.1 Å². The molecule has 1 aliphatic heterocycles. The van der Waals surface area contributed by atoms with Gasteiger partial charge in [-0.05, 0) is 30.7 Å². The van der Waals surface area contributed by atoms with Gasteiger partial charge in [0.2, 0.25) is 0 Å². The van der Waals surface area contributed by atoms with Crippen molar-refractivity contribution < 1.29 is 13.2 Å². The molecule has 2 fully saturated rings. The number of thiazole rings is 1. The summed E-state index contributed by atoms with van der Waals surface area (Å²) in [5.74, 6) is 0.616. The molecule has 2 heterocycles. The summed E-state index contributed by atoms with van der Waals surface area (Å²) in [7, 11) is -3.02. The second kappa shape index (κ2) is 7.02. The van der Waals surface area contributed by atoms with E-state index < -0.39 is 9.84 Å². The van der Waals surface area contributed by atoms with Gasteiger partial charge in [0, 0.05) is 23.0 Å². The van der Waals surface area contributed by atoms with Crippen LogP contribution in [-0.4, -0.2) is 47.8 Å². The molecule has 4 rings (SSSR count). The van der Waals surface area contributed by atoms with Crippen molar-refractivity contribution in [3.8, 4) is 10.6 Å². The summed E-state index contributed by atoms with van der Waals surface area (Å²) >= 11 is 1.46. The lowest BCUT2D eigenvalue weighted by molar-refractivity contribution is 0.0675. The second-order valence-electron chi connectivity index (χ2n) is 7.82. The Morgan fingerprint density at radius 2 is 1.85 bits per heavy atom. The Kier molecular flexibility index (Phi) is 4.84. The fourth-order valence-electron chi connectivity index (χ4n) is 3.62. The van der Waals surface area contributed by atoms with E-state index in [0.717, 1.165) is 23.4 Å². The lowest BCUT2D eigenvalue weighted by Crippen LogP contribution is -2.42. The van der Waals surface area contributed by atoms with E-state index in [-0.39, 0.29) is 29.5 Å². The van der Waals surface area contributed by atoms with Crippen molar-refractivity contribution in [2.45, 2.75) is 51.1 Å². The number of benzene rings is 1. The lowest BCUT2D eigenvalue weighted by Gasteiger charge is -2.27. The molecular weight excluding hydrogens is 380 g/mol. The average molecular weight is 405 g/mol. The quantitative estimate of drug-likeness (QED) is 0.762. The van der Waals surface area contributed by atoms with Gasteiger partial charge in [0.1, 0.15) is 10.7 Å². The number of carbonyl (C=O) groups excluding carboxylic acids is 1. The molecule has 0 unspecified atom stereocenters. The minimum Gasteiger partial charge on any atom is -0.330 e. The fourth-order valence-corrected chi connectivity index (χ4v) is 6.14. The molecule has 1 saturated carbocycles. The van der Waals surface area contributed by atoms with E-state index in [1.54, 1.807) is 10.3 Å². The Morgan fingerprint density at radius 3 is 2.41 bits per heavy atom. The summed E-state index contributed by atoms with van der Waals surface area (Å²) < 4.78 is 23.7. The SMILES string of the molecule is CC(C)c1ccc(-c2nc(C(=O)N(C3CC3)[C@H]3CCS(=O)(=O)C3)cs2)cc1. The van der Waals surface area contributed by atoms with E-state index in [1.165, 1.54) is 16.9 Å². The first kappa shape index (κ1) is 18.6. The number of amides is 1. The number of rotatable bonds is 5. The van der Waals surface area contributed by atoms with Crippen LogP contribution in [0, 0.1) is 0 Å². The fraction of sp³-hybridized carbons (Fsp3) is 0.500. The molecule has 1 saturated heterocycles. The van der Waals surface area contributed by atoms with Crippen LogP contribution in [0.2, 0.25) is 0 Å². The van der Waals surface area contributed by atoms with Crippen LogP contribution < -0.4 is 0 Å². The number of nitrogens with zero attached hydrogens (tertiary/aromatic N) is 2. The number of sulfone groups is 1. The van der Waals surface area contributed by atoms with Crippen molar-refractivity contribution in [3.63, 3.8) is 0 Å². The third kappa shape index (κ3) is 3.94. The Balaban J connectivity index is 1.55. The molecule has 1 aliphatic carbocycles. The molecule has 0 N–H and O–H groups in total. The van der Waals surface area contributed by atoms with Crippen LogP contribution in [0.1, 0.15) is 55.1 Å². The summed E-state index contributed by atoms with van der Waals surface area (Å²) in [6.45, 7) is 4.32. The highest BCUT2D eigenvalue weighted by Crippen LogP contribution is 2.34. The van der Waals surface area contributed by atoms with Crippen molar-refractivity contribution in [2.24, 2.45) is 0 Å². The van der Waals surface area contributed by atoms with E-state index in [2.05, 4.69) is 31.0 Å². The van der Waals surface area contributed by atoms with Crippen LogP contribution >= 0.6 is 11.3 Å². The first-order valence-electron chi connectivity index (χ1n) is 9.43. The van der Waals surface area contributed by atoms with Gasteiger partial charge in [-0.15, -0.1) is 11.3 Å². The Labute approximate surface area is 164 Å². The highest BCUT2D eigenvalue weighted by Gasteiger charge is 2.42. The summed E-state index contributed by atoms with van der Waals surface area (Å²) in [5, 5.41) is 2.62. The van der Waals surface area contributed by atoms with Gasteiger partial charge in [0.05, 0.1) is 11.5 Å². The van der Waals surface area contributed by atoms with Gasteiger partial charge < -0.3 is 4.90 Å². The minimum atomic E-state index is -3.02. The van der Waals surface area contributed by atoms with Gasteiger partial charge in [-0.3, -0.25) is 4.79 Å². The molecule has 7 heteroatoms. The predicted octanol–water partition coefficient (Wildman–Crippen LogP) is 3.73. The summed E-state index contributed by atoms with van der Waals surface area (Å²) in [4.78, 5) is 19.5. The first-order valence-corrected chi connectivity index (χ1v) is 12.1. The van der Waals surface area contributed by atoms with E-state index in [1.807, 2.05) is 12.1 Å². The normalized spacial score (nSPS) is 21.5. The van der Waals surface area contributed by atoms with Crippen LogP contribution in [-0.2, 0) is 9.84 Å². The first-order chi connectivity index (χ1) is 12.8. The van der Waals surface area contributed by atoms with Gasteiger partial charge >= 0.3 is 0 Å². The molecule has 1 atom stereocenters. The molecule has 1 aromatic carbocycles. The van der Waals surface area contributed by atoms with E-state index >= 15 is 0 Å². The molecule has 1 amide bonds. The molecule has 2 aliphatic rings. The summed E-state index contributed by atoms with van der Waals surface area (Å²) in [6, 6.07) is 8.26. The van der Waals surface area contributed by atoms with Crippen molar-refractivity contribution in [3.05, 3.63) is 40.9 Å². The zero-order valence-corrected chi connectivity index (χ0v) is 17.2. The van der Waals surface area contributed by atoms with Crippen LogP contribution in [0.3, 0.4) is 0 Å². The van der Waals surface area contributed by atoms with Gasteiger partial charge in [0.25, 0.3) is 5.91 Å². The van der Waals surface area contributed by atoms with Crippen LogP contribution in [0.4, 0.5) is 0 Å². The maximum atomic E-state index is 13.1. The predicted molar refractivity (Wildman–Crippen MR) is 108 cm³/mol. The molecule has 0 bridgehead atoms. The number of carbonyl (C=O) groups is 1. The van der Waals surface area contributed by atoms with Crippen LogP contribution in [0.15, 0.2) is 29.6 Å². The molecule has 1 aromatic heterocycles. The number of hydrogen-bond acceptors (Lipinski definition) is 5. The Hall–Kier alpha value is -1.73. The van der Waals surface area contributed by atoms with E-state index in [0.29, 0.717) is 18.0 Å². The molecular formula is C20H24N2O3S2. The van der Waals surface area contributed by atoms with Crippen molar-refractivity contribution >= 4 is 27.1 Å². The van der Waals surface area contributed by atoms with Gasteiger partial charge in [-0.25, -0.2) is 13.4 Å². The Bertz CT molecular complexity index is 944. The largest absolute Gasteiger partial charge is 0.330 e. The second-order valence-corrected chi connectivity index (χ2v) is 10.9. The molecule has 27 heavy (non-hydrogen) atoms. The van der Waals surface area contributed by atoms with Crippen LogP contribution in [0.5, 0.6) is 0 Å².